The van der Waals surface area contributed by atoms with E-state index in [9.17, 15) is 0 Å². The number of aromatic nitrogens is 1. The van der Waals surface area contributed by atoms with Crippen molar-refractivity contribution >= 4 is 17.3 Å². The van der Waals surface area contributed by atoms with Crippen LogP contribution in [0.25, 0.3) is 0 Å². The van der Waals surface area contributed by atoms with E-state index in [0.717, 1.165) is 17.4 Å². The van der Waals surface area contributed by atoms with E-state index in [1.54, 1.807) is 7.11 Å². The lowest BCUT2D eigenvalue weighted by Crippen LogP contribution is -2.45. The monoisotopic (exact) mass is 397 g/mol. The summed E-state index contributed by atoms with van der Waals surface area (Å²) in [5.41, 5.74) is 2.43. The summed E-state index contributed by atoms with van der Waals surface area (Å²) in [6.45, 7) is 2.97. The Hall–Kier alpha value is -2.14. The molecule has 3 rings (SSSR count). The van der Waals surface area contributed by atoms with Crippen LogP contribution in [-0.4, -0.2) is 28.1 Å². The zero-order valence-corrected chi connectivity index (χ0v) is 17.8. The summed E-state index contributed by atoms with van der Waals surface area (Å²) >= 11 is 5.90. The maximum Gasteiger partial charge on any atom is 0.169 e. The number of nitrogens with one attached hydrogen (secondary N) is 1. The van der Waals surface area contributed by atoms with Crippen LogP contribution in [0.1, 0.15) is 62.6 Å². The van der Waals surface area contributed by atoms with Gasteiger partial charge in [0.05, 0.1) is 13.2 Å². The molecule has 0 bridgehead atoms. The summed E-state index contributed by atoms with van der Waals surface area (Å²) in [5.74, 6) is 0.871. The van der Waals surface area contributed by atoms with E-state index >= 15 is 0 Å². The van der Waals surface area contributed by atoms with Crippen molar-refractivity contribution in [1.29, 1.82) is 0 Å². The first-order valence-electron chi connectivity index (χ1n) is 10.3. The van der Waals surface area contributed by atoms with Gasteiger partial charge in [0.1, 0.15) is 5.75 Å². The predicted molar refractivity (Wildman–Crippen MR) is 118 cm³/mol. The molecule has 28 heavy (non-hydrogen) atoms. The number of hydrogen-bond acceptors (Lipinski definition) is 3. The Bertz CT molecular complexity index is 727. The smallest absolute Gasteiger partial charge is 0.169 e. The molecule has 1 saturated carbocycles. The maximum absolute atomic E-state index is 5.90. The first kappa shape index (κ1) is 20.6. The molecule has 2 aromatic rings. The third kappa shape index (κ3) is 5.68. The van der Waals surface area contributed by atoms with E-state index in [1.165, 1.54) is 49.7 Å². The van der Waals surface area contributed by atoms with E-state index in [2.05, 4.69) is 46.4 Å². The highest BCUT2D eigenvalue weighted by Gasteiger charge is 2.22. The van der Waals surface area contributed by atoms with Gasteiger partial charge in [0, 0.05) is 25.0 Å². The average molecular weight is 398 g/mol. The zero-order valence-electron chi connectivity index (χ0n) is 16.9. The third-order valence-corrected chi connectivity index (χ3v) is 5.96. The van der Waals surface area contributed by atoms with Crippen molar-refractivity contribution in [3.05, 3.63) is 59.9 Å². The number of methoxy groups -OCH3 is 1. The largest absolute Gasteiger partial charge is 0.497 e. The average Bonchev–Trinajstić information content (AvgIpc) is 3.01. The van der Waals surface area contributed by atoms with Gasteiger partial charge in [0.15, 0.2) is 5.11 Å². The number of ether oxygens (including phenoxy) is 1. The van der Waals surface area contributed by atoms with Crippen LogP contribution in [0.4, 0.5) is 0 Å². The first-order valence-corrected chi connectivity index (χ1v) is 10.7. The number of thiocarbonyl (C=S) groups is 1. The molecule has 1 aromatic carbocycles. The third-order valence-electron chi connectivity index (χ3n) is 5.61. The number of hydrogen-bond donors (Lipinski definition) is 1. The fraction of sp³-hybridized carbons (Fsp3) is 0.478. The number of rotatable bonds is 6. The van der Waals surface area contributed by atoms with Gasteiger partial charge in [0.25, 0.3) is 0 Å². The summed E-state index contributed by atoms with van der Waals surface area (Å²) in [6, 6.07) is 13.0. The zero-order chi connectivity index (χ0) is 19.8. The van der Waals surface area contributed by atoms with Crippen molar-refractivity contribution in [2.75, 3.05) is 7.11 Å². The van der Waals surface area contributed by atoms with Crippen LogP contribution < -0.4 is 10.1 Å². The molecular formula is C23H31N3OS. The Balaban J connectivity index is 1.77. The van der Waals surface area contributed by atoms with Gasteiger partial charge >= 0.3 is 0 Å². The summed E-state index contributed by atoms with van der Waals surface area (Å²) in [5, 5.41) is 4.51. The van der Waals surface area contributed by atoms with Crippen molar-refractivity contribution < 1.29 is 4.74 Å². The van der Waals surface area contributed by atoms with Crippen LogP contribution in [0.5, 0.6) is 5.75 Å². The van der Waals surface area contributed by atoms with Crippen molar-refractivity contribution in [2.24, 2.45) is 0 Å². The molecule has 1 aliphatic carbocycles. The van der Waals surface area contributed by atoms with Gasteiger partial charge in [-0.3, -0.25) is 4.98 Å². The Morgan fingerprint density at radius 2 is 1.75 bits per heavy atom. The van der Waals surface area contributed by atoms with Gasteiger partial charge in [-0.2, -0.15) is 0 Å². The van der Waals surface area contributed by atoms with E-state index < -0.39 is 0 Å². The summed E-state index contributed by atoms with van der Waals surface area (Å²) < 4.78 is 5.31. The number of nitrogens with zero attached hydrogens (tertiary/aromatic N) is 2. The molecule has 0 unspecified atom stereocenters. The van der Waals surface area contributed by atoms with Crippen LogP contribution in [-0.2, 0) is 6.54 Å². The normalized spacial score (nSPS) is 16.1. The van der Waals surface area contributed by atoms with Crippen LogP contribution in [0.3, 0.4) is 0 Å². The summed E-state index contributed by atoms with van der Waals surface area (Å²) in [4.78, 5) is 6.43. The highest BCUT2D eigenvalue weighted by Crippen LogP contribution is 2.25. The summed E-state index contributed by atoms with van der Waals surface area (Å²) in [7, 11) is 1.69. The fourth-order valence-electron chi connectivity index (χ4n) is 3.81. The molecule has 1 heterocycles. The van der Waals surface area contributed by atoms with Gasteiger partial charge in [-0.05, 0) is 67.4 Å². The molecule has 0 amide bonds. The van der Waals surface area contributed by atoms with Crippen molar-refractivity contribution in [1.82, 2.24) is 15.2 Å². The highest BCUT2D eigenvalue weighted by molar-refractivity contribution is 7.80. The van der Waals surface area contributed by atoms with Crippen LogP contribution in [0.15, 0.2) is 48.8 Å². The van der Waals surface area contributed by atoms with Crippen LogP contribution >= 0.6 is 12.2 Å². The lowest BCUT2D eigenvalue weighted by molar-refractivity contribution is 0.317. The summed E-state index contributed by atoms with van der Waals surface area (Å²) in [6.07, 6.45) is 11.4. The Morgan fingerprint density at radius 1 is 1.11 bits per heavy atom. The Morgan fingerprint density at radius 3 is 2.36 bits per heavy atom. The lowest BCUT2D eigenvalue weighted by Gasteiger charge is -2.34. The molecule has 0 aliphatic heterocycles. The van der Waals surface area contributed by atoms with E-state index in [4.69, 9.17) is 17.0 Å². The molecular weight excluding hydrogens is 366 g/mol. The molecule has 4 nitrogen and oxygen atoms in total. The topological polar surface area (TPSA) is 37.4 Å². The molecule has 1 aromatic heterocycles. The second-order valence-corrected chi connectivity index (χ2v) is 7.96. The fourth-order valence-corrected chi connectivity index (χ4v) is 4.20. The molecule has 1 N–H and O–H groups in total. The molecule has 0 spiro atoms. The molecule has 1 fully saturated rings. The van der Waals surface area contributed by atoms with E-state index in [1.807, 2.05) is 24.5 Å². The minimum atomic E-state index is 0.157. The van der Waals surface area contributed by atoms with Crippen LogP contribution in [0.2, 0.25) is 0 Å². The lowest BCUT2D eigenvalue weighted by atomic mass is 10.1. The van der Waals surface area contributed by atoms with Crippen LogP contribution in [0, 0.1) is 0 Å². The quantitative estimate of drug-likeness (QED) is 0.532. The van der Waals surface area contributed by atoms with E-state index in [0.29, 0.717) is 6.04 Å². The molecule has 1 atom stereocenters. The molecule has 0 saturated heterocycles. The first-order chi connectivity index (χ1) is 13.7. The number of benzene rings is 1. The minimum absolute atomic E-state index is 0.157. The SMILES string of the molecule is COc1ccc([C@H](C)N(Cc2ccncc2)C(=S)NC2CCCCCC2)cc1. The predicted octanol–water partition coefficient (Wildman–Crippen LogP) is 5.25. The van der Waals surface area contributed by atoms with Gasteiger partial charge in [-0.15, -0.1) is 0 Å². The van der Waals surface area contributed by atoms with Crippen molar-refractivity contribution in [2.45, 2.75) is 64.1 Å². The number of pyridine rings is 1. The second-order valence-electron chi connectivity index (χ2n) is 7.57. The van der Waals surface area contributed by atoms with Gasteiger partial charge in [0.2, 0.25) is 0 Å². The standard InChI is InChI=1S/C23H31N3OS/c1-18(20-9-11-22(27-2)12-10-20)26(17-19-13-15-24-16-14-19)23(28)25-21-7-5-3-4-6-8-21/h9-16,18,21H,3-8,17H2,1-2H3,(H,25,28)/t18-/m0/s1. The van der Waals surface area contributed by atoms with Gasteiger partial charge in [-0.1, -0.05) is 37.8 Å². The molecule has 0 radical (unpaired) electrons. The second kappa shape index (κ2) is 10.4. The van der Waals surface area contributed by atoms with Crippen molar-refractivity contribution in [3.63, 3.8) is 0 Å². The Labute approximate surface area is 174 Å². The highest BCUT2D eigenvalue weighted by atomic mass is 32.1. The molecule has 150 valence electrons. The van der Waals surface area contributed by atoms with Crippen molar-refractivity contribution in [3.8, 4) is 5.75 Å². The minimum Gasteiger partial charge on any atom is -0.497 e. The Kier molecular flexibility index (Phi) is 7.66. The van der Waals surface area contributed by atoms with E-state index in [-0.39, 0.29) is 6.04 Å². The van der Waals surface area contributed by atoms with Gasteiger partial charge < -0.3 is 15.0 Å². The van der Waals surface area contributed by atoms with Gasteiger partial charge in [-0.25, -0.2) is 0 Å². The molecule has 1 aliphatic rings. The maximum atomic E-state index is 5.90. The molecule has 5 heteroatoms.